The zero-order valence-electron chi connectivity index (χ0n) is 18.1. The van der Waals surface area contributed by atoms with Crippen LogP contribution < -0.4 is 21.3 Å². The molecule has 160 valence electrons. The van der Waals surface area contributed by atoms with Crippen LogP contribution in [-0.4, -0.2) is 13.5 Å². The maximum atomic E-state index is 9.37. The lowest BCUT2D eigenvalue weighted by Gasteiger charge is -2.16. The smallest absolute Gasteiger partial charge is 0.221 e. The lowest BCUT2D eigenvalue weighted by atomic mass is 9.97. The Hall–Kier alpha value is -3.82. The van der Waals surface area contributed by atoms with Crippen LogP contribution >= 0.6 is 0 Å². The van der Waals surface area contributed by atoms with Gasteiger partial charge in [0, 0.05) is 18.3 Å². The number of amides is 1. The normalized spacial score (nSPS) is 9.65. The summed E-state index contributed by atoms with van der Waals surface area (Å²) in [5.41, 5.74) is 9.04. The van der Waals surface area contributed by atoms with Gasteiger partial charge >= 0.3 is 0 Å². The summed E-state index contributed by atoms with van der Waals surface area (Å²) in [5.74, 6) is 5.30. The van der Waals surface area contributed by atoms with E-state index in [9.17, 15) is 5.26 Å². The summed E-state index contributed by atoms with van der Waals surface area (Å²) >= 11 is 0. The third-order valence-electron chi connectivity index (χ3n) is 4.92. The molecule has 31 heavy (non-hydrogen) atoms. The molecule has 0 aliphatic heterocycles. The highest BCUT2D eigenvalue weighted by Gasteiger charge is 2.10. The quantitative estimate of drug-likeness (QED) is 0.230. The van der Waals surface area contributed by atoms with Crippen LogP contribution in [0.1, 0.15) is 29.2 Å². The van der Waals surface area contributed by atoms with Crippen molar-refractivity contribution in [1.82, 2.24) is 5.43 Å². The molecular weight excluding hydrogens is 388 g/mol. The van der Waals surface area contributed by atoms with Crippen LogP contribution in [0.2, 0.25) is 0 Å². The summed E-state index contributed by atoms with van der Waals surface area (Å²) in [6.45, 7) is 4.74. The molecule has 1 amide bonds. The molecule has 0 saturated heterocycles. The molecule has 0 aromatic heterocycles. The molecule has 0 heterocycles. The summed E-state index contributed by atoms with van der Waals surface area (Å²) in [7, 11) is 1.93. The number of ether oxygens (including phenoxy) is 1. The molecule has 3 aromatic carbocycles. The number of nitrogens with zero attached hydrogens (tertiary/aromatic N) is 1. The largest absolute Gasteiger partial charge is 0.489 e. The van der Waals surface area contributed by atoms with Gasteiger partial charge in [-0.3, -0.25) is 10.2 Å². The van der Waals surface area contributed by atoms with E-state index >= 15 is 0 Å². The first-order valence-electron chi connectivity index (χ1n) is 10.0. The van der Waals surface area contributed by atoms with Gasteiger partial charge < -0.3 is 10.1 Å². The topological polar surface area (TPSA) is 100 Å². The molecule has 4 N–H and O–H groups in total. The monoisotopic (exact) mass is 416 g/mol. The number of aryl methyl sites for hydroxylation is 2. The highest BCUT2D eigenvalue weighted by atomic mass is 16.5. The Morgan fingerprint density at radius 2 is 1.87 bits per heavy atom. The second-order valence-electron chi connectivity index (χ2n) is 6.76. The zero-order chi connectivity index (χ0) is 22.6. The number of hydrazine groups is 1. The summed E-state index contributed by atoms with van der Waals surface area (Å²) < 4.78 is 6.18. The van der Waals surface area contributed by atoms with Gasteiger partial charge in [0.25, 0.3) is 0 Å². The van der Waals surface area contributed by atoms with Gasteiger partial charge in [0.2, 0.25) is 6.41 Å². The van der Waals surface area contributed by atoms with E-state index in [2.05, 4.69) is 49.3 Å². The predicted octanol–water partition coefficient (Wildman–Crippen LogP) is 4.32. The van der Waals surface area contributed by atoms with E-state index in [4.69, 9.17) is 9.53 Å². The zero-order valence-corrected chi connectivity index (χ0v) is 18.1. The first-order chi connectivity index (χ1) is 15.1. The van der Waals surface area contributed by atoms with E-state index in [0.29, 0.717) is 18.6 Å². The fourth-order valence-corrected chi connectivity index (χ4v) is 3.27. The number of anilines is 1. The number of nitrogens with two attached hydrogens (primary N) is 1. The Morgan fingerprint density at radius 1 is 1.13 bits per heavy atom. The van der Waals surface area contributed by atoms with Crippen LogP contribution in [-0.2, 0) is 17.8 Å². The van der Waals surface area contributed by atoms with Gasteiger partial charge in [-0.2, -0.15) is 5.26 Å². The van der Waals surface area contributed by atoms with Crippen LogP contribution in [0.3, 0.4) is 0 Å². The molecule has 0 fully saturated rings. The van der Waals surface area contributed by atoms with Crippen molar-refractivity contribution in [3.8, 4) is 22.9 Å². The molecule has 6 nitrogen and oxygen atoms in total. The Labute approximate surface area is 183 Å². The molecule has 0 spiro atoms. The van der Waals surface area contributed by atoms with Gasteiger partial charge in [0.1, 0.15) is 12.4 Å². The van der Waals surface area contributed by atoms with Crippen molar-refractivity contribution in [2.75, 3.05) is 12.4 Å². The van der Waals surface area contributed by atoms with Gasteiger partial charge in [0.05, 0.1) is 11.6 Å². The van der Waals surface area contributed by atoms with Crippen LogP contribution in [0, 0.1) is 18.3 Å². The van der Waals surface area contributed by atoms with Crippen molar-refractivity contribution >= 4 is 12.1 Å². The number of hydrogen-bond acceptors (Lipinski definition) is 5. The highest BCUT2D eigenvalue weighted by Crippen LogP contribution is 2.30. The second kappa shape index (κ2) is 12.0. The minimum atomic E-state index is 0.403. The lowest BCUT2D eigenvalue weighted by molar-refractivity contribution is -0.109. The lowest BCUT2D eigenvalue weighted by Crippen LogP contribution is -2.18. The van der Waals surface area contributed by atoms with Crippen molar-refractivity contribution in [3.63, 3.8) is 0 Å². The van der Waals surface area contributed by atoms with Crippen LogP contribution in [0.25, 0.3) is 11.1 Å². The standard InChI is InChI=1S/C24H24N2O.CH4N2O/c1-4-18-14-19(21-10-6-5-9-20(21)15-25)12-13-24(18)27-16-22-17(2)8-7-11-23(22)26-3;2-3-1-4/h5-14,26H,4,16H2,1-3H3;1H,2H2,(H,3,4). The molecule has 0 aliphatic carbocycles. The summed E-state index contributed by atoms with van der Waals surface area (Å²) in [4.78, 5) is 8.94. The van der Waals surface area contributed by atoms with Gasteiger partial charge in [-0.25, -0.2) is 5.84 Å². The second-order valence-corrected chi connectivity index (χ2v) is 6.76. The van der Waals surface area contributed by atoms with E-state index in [-0.39, 0.29) is 0 Å². The molecular formula is C25H28N4O2. The number of rotatable bonds is 7. The van der Waals surface area contributed by atoms with Crippen molar-refractivity contribution in [1.29, 1.82) is 5.26 Å². The molecule has 0 unspecified atom stereocenters. The Bertz CT molecular complexity index is 1060. The third kappa shape index (κ3) is 6.08. The first kappa shape index (κ1) is 23.5. The average Bonchev–Trinajstić information content (AvgIpc) is 2.83. The molecule has 0 saturated carbocycles. The number of hydrogen-bond donors (Lipinski definition) is 3. The van der Waals surface area contributed by atoms with E-state index < -0.39 is 0 Å². The molecule has 6 heteroatoms. The summed E-state index contributed by atoms with van der Waals surface area (Å²) in [6, 6.07) is 22.3. The summed E-state index contributed by atoms with van der Waals surface area (Å²) in [6.07, 6.45) is 1.27. The number of carbonyl (C=O) groups is 1. The Morgan fingerprint density at radius 3 is 2.52 bits per heavy atom. The highest BCUT2D eigenvalue weighted by molar-refractivity contribution is 5.71. The van der Waals surface area contributed by atoms with Crippen molar-refractivity contribution in [2.45, 2.75) is 26.9 Å². The van der Waals surface area contributed by atoms with Crippen LogP contribution in [0.4, 0.5) is 5.69 Å². The van der Waals surface area contributed by atoms with E-state index in [1.54, 1.807) is 5.43 Å². The average molecular weight is 417 g/mol. The predicted molar refractivity (Wildman–Crippen MR) is 124 cm³/mol. The van der Waals surface area contributed by atoms with Crippen molar-refractivity contribution in [2.24, 2.45) is 5.84 Å². The van der Waals surface area contributed by atoms with Crippen molar-refractivity contribution in [3.05, 3.63) is 82.9 Å². The molecule has 0 radical (unpaired) electrons. The molecule has 3 rings (SSSR count). The number of carbonyl (C=O) groups excluding carboxylic acids is 1. The maximum absolute atomic E-state index is 9.37. The number of benzene rings is 3. The Kier molecular flexibility index (Phi) is 9.09. The van der Waals surface area contributed by atoms with Crippen molar-refractivity contribution < 1.29 is 9.53 Å². The molecule has 3 aromatic rings. The minimum Gasteiger partial charge on any atom is -0.489 e. The van der Waals surface area contributed by atoms with E-state index in [1.165, 1.54) is 11.1 Å². The van der Waals surface area contributed by atoms with E-state index in [0.717, 1.165) is 34.5 Å². The van der Waals surface area contributed by atoms with Crippen LogP contribution in [0.15, 0.2) is 60.7 Å². The summed E-state index contributed by atoms with van der Waals surface area (Å²) in [5, 5.41) is 12.6. The molecule has 0 aliphatic rings. The van der Waals surface area contributed by atoms with E-state index in [1.807, 2.05) is 49.5 Å². The fourth-order valence-electron chi connectivity index (χ4n) is 3.27. The Balaban J connectivity index is 0.000000785. The van der Waals surface area contributed by atoms with Crippen LogP contribution in [0.5, 0.6) is 5.75 Å². The number of nitrogens with one attached hydrogen (secondary N) is 2. The maximum Gasteiger partial charge on any atom is 0.221 e. The first-order valence-corrected chi connectivity index (χ1v) is 10.0. The number of nitriles is 1. The fraction of sp³-hybridized carbons (Fsp3) is 0.200. The van der Waals surface area contributed by atoms with Gasteiger partial charge in [0.15, 0.2) is 0 Å². The third-order valence-corrected chi connectivity index (χ3v) is 4.92. The minimum absolute atomic E-state index is 0.403. The van der Waals surface area contributed by atoms with Gasteiger partial charge in [-0.05, 0) is 59.9 Å². The molecule has 0 atom stereocenters. The SMILES string of the molecule is CCc1cc(-c2ccccc2C#N)ccc1OCc1c(C)cccc1NC.NNC=O. The van der Waals surface area contributed by atoms with Gasteiger partial charge in [-0.1, -0.05) is 43.3 Å². The molecule has 0 bridgehead atoms. The van der Waals surface area contributed by atoms with Gasteiger partial charge in [-0.15, -0.1) is 0 Å².